The molecule has 2 heterocycles. The maximum Gasteiger partial charge on any atom is 0.185 e. The second-order valence-corrected chi connectivity index (χ2v) is 8.61. The number of nitrogens with zero attached hydrogens (tertiary/aromatic N) is 2. The van der Waals surface area contributed by atoms with Crippen LogP contribution in [-0.2, 0) is 23.1 Å². The number of imidazole rings is 1. The first-order chi connectivity index (χ1) is 14.5. The number of anilines is 1. The average molecular weight is 426 g/mol. The summed E-state index contributed by atoms with van der Waals surface area (Å²) in [4.78, 5) is 4.41. The predicted octanol–water partition coefficient (Wildman–Crippen LogP) is 4.08. The molecule has 1 aliphatic heterocycles. The van der Waals surface area contributed by atoms with Crippen LogP contribution >= 0.6 is 11.8 Å². The summed E-state index contributed by atoms with van der Waals surface area (Å²) in [5.41, 5.74) is 9.54. The van der Waals surface area contributed by atoms with Crippen molar-refractivity contribution in [1.29, 1.82) is 0 Å². The number of nitrogens with two attached hydrogens (primary N) is 1. The molecule has 1 aliphatic rings. The number of hydrogen-bond donors (Lipinski definition) is 2. The van der Waals surface area contributed by atoms with E-state index in [1.165, 1.54) is 0 Å². The van der Waals surface area contributed by atoms with Crippen molar-refractivity contribution in [3.63, 3.8) is 0 Å². The van der Waals surface area contributed by atoms with Crippen molar-refractivity contribution in [3.8, 4) is 0 Å². The van der Waals surface area contributed by atoms with Crippen LogP contribution in [0, 0.1) is 5.92 Å². The van der Waals surface area contributed by atoms with E-state index in [0.29, 0.717) is 5.69 Å². The molecule has 0 saturated carbocycles. The molecule has 0 radical (unpaired) electrons. The number of ether oxygens (including phenoxy) is 2. The molecule has 0 amide bonds. The van der Waals surface area contributed by atoms with Gasteiger partial charge >= 0.3 is 0 Å². The molecule has 0 spiro atoms. The van der Waals surface area contributed by atoms with Gasteiger partial charge in [0.2, 0.25) is 0 Å². The number of thioether (sulfide) groups is 1. The van der Waals surface area contributed by atoms with Crippen LogP contribution in [-0.4, -0.2) is 26.5 Å². The Kier molecular flexibility index (Phi) is 6.43. The highest BCUT2D eigenvalue weighted by Crippen LogP contribution is 2.43. The minimum atomic E-state index is -0.501. The monoisotopic (exact) mass is 425 g/mol. The maximum atomic E-state index is 9.36. The Balaban J connectivity index is 1.60. The fourth-order valence-electron chi connectivity index (χ4n) is 3.66. The van der Waals surface area contributed by atoms with Crippen molar-refractivity contribution in [2.75, 3.05) is 11.5 Å². The van der Waals surface area contributed by atoms with Gasteiger partial charge in [-0.2, -0.15) is 0 Å². The number of rotatable bonds is 6. The Labute approximate surface area is 181 Å². The van der Waals surface area contributed by atoms with Gasteiger partial charge in [0.15, 0.2) is 11.4 Å². The van der Waals surface area contributed by atoms with Crippen molar-refractivity contribution < 1.29 is 14.6 Å². The third-order valence-electron chi connectivity index (χ3n) is 5.46. The summed E-state index contributed by atoms with van der Waals surface area (Å²) >= 11 is 1.68. The SMILES string of the molecule is C[C@H]1[C@@H](CSc2nccn2C)O[C@@H](c2cccc(N)c2)O[C@H]1c1ccc(CO)cc1. The van der Waals surface area contributed by atoms with Crippen LogP contribution in [0.3, 0.4) is 0 Å². The van der Waals surface area contributed by atoms with E-state index in [0.717, 1.165) is 27.6 Å². The van der Waals surface area contributed by atoms with Crippen LogP contribution in [0.2, 0.25) is 0 Å². The fourth-order valence-corrected chi connectivity index (χ4v) is 4.76. The van der Waals surface area contributed by atoms with E-state index in [4.69, 9.17) is 15.2 Å². The second-order valence-electron chi connectivity index (χ2n) is 7.62. The van der Waals surface area contributed by atoms with Gasteiger partial charge in [-0.1, -0.05) is 55.1 Å². The standard InChI is InChI=1S/C23H27N3O3S/c1-15-20(14-30-23-25-10-11-26(23)2)28-22(18-4-3-5-19(24)12-18)29-21(15)17-8-6-16(13-27)7-9-17/h3-12,15,20-22,27H,13-14,24H2,1-2H3/t15-,20+,21+,22+/m0/s1. The first-order valence-corrected chi connectivity index (χ1v) is 11.0. The number of aliphatic hydroxyl groups is 1. The Morgan fingerprint density at radius 1 is 1.13 bits per heavy atom. The number of benzene rings is 2. The smallest absolute Gasteiger partial charge is 0.185 e. The summed E-state index contributed by atoms with van der Waals surface area (Å²) in [6, 6.07) is 15.6. The van der Waals surface area contributed by atoms with E-state index in [1.54, 1.807) is 18.0 Å². The Morgan fingerprint density at radius 3 is 2.60 bits per heavy atom. The Morgan fingerprint density at radius 2 is 1.93 bits per heavy atom. The van der Waals surface area contributed by atoms with Gasteiger partial charge in [-0.15, -0.1) is 0 Å². The van der Waals surface area contributed by atoms with Crippen molar-refractivity contribution >= 4 is 17.4 Å². The van der Waals surface area contributed by atoms with Crippen LogP contribution in [0.4, 0.5) is 5.69 Å². The lowest BCUT2D eigenvalue weighted by Crippen LogP contribution is -2.38. The molecule has 3 aromatic rings. The van der Waals surface area contributed by atoms with E-state index >= 15 is 0 Å². The van der Waals surface area contributed by atoms with Gasteiger partial charge in [-0.3, -0.25) is 0 Å². The summed E-state index contributed by atoms with van der Waals surface area (Å²) in [6.07, 6.45) is 3.08. The normalized spacial score (nSPS) is 24.1. The molecule has 4 rings (SSSR count). The number of hydrogen-bond acceptors (Lipinski definition) is 6. The number of aryl methyl sites for hydroxylation is 1. The minimum absolute atomic E-state index is 0.0271. The van der Waals surface area contributed by atoms with Gasteiger partial charge in [-0.05, 0) is 23.3 Å². The van der Waals surface area contributed by atoms with Gasteiger partial charge in [0.05, 0.1) is 18.8 Å². The van der Waals surface area contributed by atoms with Crippen molar-refractivity contribution in [3.05, 3.63) is 77.6 Å². The van der Waals surface area contributed by atoms with E-state index in [2.05, 4.69) is 11.9 Å². The van der Waals surface area contributed by atoms with Crippen LogP contribution in [0.15, 0.2) is 66.1 Å². The molecule has 1 fully saturated rings. The molecular formula is C23H27N3O3S. The Bertz CT molecular complexity index is 976. The van der Waals surface area contributed by atoms with Gasteiger partial charge in [-0.25, -0.2) is 4.98 Å². The maximum absolute atomic E-state index is 9.36. The molecule has 3 N–H and O–H groups in total. The van der Waals surface area contributed by atoms with E-state index in [9.17, 15) is 5.11 Å². The lowest BCUT2D eigenvalue weighted by atomic mass is 9.91. The molecule has 7 heteroatoms. The average Bonchev–Trinajstić information content (AvgIpc) is 3.18. The molecular weight excluding hydrogens is 398 g/mol. The molecule has 2 aromatic carbocycles. The summed E-state index contributed by atoms with van der Waals surface area (Å²) < 4.78 is 14.8. The first-order valence-electron chi connectivity index (χ1n) is 10.0. The number of aromatic nitrogens is 2. The highest BCUT2D eigenvalue weighted by molar-refractivity contribution is 7.99. The van der Waals surface area contributed by atoms with Crippen LogP contribution < -0.4 is 5.73 Å². The number of aliphatic hydroxyl groups excluding tert-OH is 1. The molecule has 30 heavy (non-hydrogen) atoms. The lowest BCUT2D eigenvalue weighted by molar-refractivity contribution is -0.268. The zero-order valence-corrected chi connectivity index (χ0v) is 18.0. The summed E-state index contributed by atoms with van der Waals surface area (Å²) in [5, 5.41) is 10.3. The highest BCUT2D eigenvalue weighted by Gasteiger charge is 2.38. The summed E-state index contributed by atoms with van der Waals surface area (Å²) in [5.74, 6) is 0.898. The minimum Gasteiger partial charge on any atom is -0.399 e. The van der Waals surface area contributed by atoms with Crippen molar-refractivity contribution in [2.45, 2.75) is 37.2 Å². The quantitative estimate of drug-likeness (QED) is 0.457. The Hall–Kier alpha value is -2.32. The molecule has 1 aromatic heterocycles. The first kappa shape index (κ1) is 20.9. The van der Waals surface area contributed by atoms with Gasteiger partial charge < -0.3 is 24.9 Å². The third kappa shape index (κ3) is 4.54. The van der Waals surface area contributed by atoms with Crippen LogP contribution in [0.5, 0.6) is 0 Å². The molecule has 158 valence electrons. The van der Waals surface area contributed by atoms with Crippen molar-refractivity contribution in [1.82, 2.24) is 9.55 Å². The van der Waals surface area contributed by atoms with Gasteiger partial charge in [0.1, 0.15) is 0 Å². The predicted molar refractivity (Wildman–Crippen MR) is 118 cm³/mol. The summed E-state index contributed by atoms with van der Waals surface area (Å²) in [6.45, 7) is 2.18. The second kappa shape index (κ2) is 9.22. The van der Waals surface area contributed by atoms with E-state index in [-0.39, 0.29) is 24.7 Å². The molecule has 0 aliphatic carbocycles. The topological polar surface area (TPSA) is 82.5 Å². The molecule has 0 bridgehead atoms. The van der Waals surface area contributed by atoms with Crippen LogP contribution in [0.25, 0.3) is 0 Å². The van der Waals surface area contributed by atoms with Gasteiger partial charge in [0.25, 0.3) is 0 Å². The molecule has 0 unspecified atom stereocenters. The van der Waals surface area contributed by atoms with Gasteiger partial charge in [0, 0.05) is 42.4 Å². The highest BCUT2D eigenvalue weighted by atomic mass is 32.2. The lowest BCUT2D eigenvalue weighted by Gasteiger charge is -2.41. The van der Waals surface area contributed by atoms with Crippen LogP contribution in [0.1, 0.15) is 36.0 Å². The fraction of sp³-hybridized carbons (Fsp3) is 0.348. The molecule has 4 atom stereocenters. The molecule has 1 saturated heterocycles. The molecule has 6 nitrogen and oxygen atoms in total. The number of nitrogen functional groups attached to an aromatic ring is 1. The van der Waals surface area contributed by atoms with E-state index in [1.807, 2.05) is 66.3 Å². The zero-order chi connectivity index (χ0) is 21.1. The largest absolute Gasteiger partial charge is 0.399 e. The van der Waals surface area contributed by atoms with Crippen molar-refractivity contribution in [2.24, 2.45) is 13.0 Å². The van der Waals surface area contributed by atoms with E-state index < -0.39 is 6.29 Å². The summed E-state index contributed by atoms with van der Waals surface area (Å²) in [7, 11) is 1.99. The zero-order valence-electron chi connectivity index (χ0n) is 17.1. The third-order valence-corrected chi connectivity index (χ3v) is 6.61.